The van der Waals surface area contributed by atoms with E-state index in [1.54, 1.807) is 6.07 Å². The lowest BCUT2D eigenvalue weighted by molar-refractivity contribution is 0.306. The number of hydrogen-bond donors (Lipinski definition) is 1. The quantitative estimate of drug-likeness (QED) is 0.369. The van der Waals surface area contributed by atoms with Crippen molar-refractivity contribution >= 4 is 47.2 Å². The molecule has 0 radical (unpaired) electrons. The van der Waals surface area contributed by atoms with E-state index in [2.05, 4.69) is 23.5 Å². The highest BCUT2D eigenvalue weighted by Gasteiger charge is 2.03. The van der Waals surface area contributed by atoms with Crippen LogP contribution in [-0.4, -0.2) is 6.54 Å². The Morgan fingerprint density at radius 3 is 2.29 bits per heavy atom. The predicted octanol–water partition coefficient (Wildman–Crippen LogP) is 6.98. The number of rotatable bonds is 8. The molecule has 0 aromatic heterocycles. The van der Waals surface area contributed by atoms with E-state index in [-0.39, 0.29) is 12.4 Å². The van der Waals surface area contributed by atoms with Crippen molar-refractivity contribution in [2.45, 2.75) is 19.6 Å². The van der Waals surface area contributed by atoms with E-state index in [9.17, 15) is 0 Å². The average Bonchev–Trinajstić information content (AvgIpc) is 2.66. The van der Waals surface area contributed by atoms with Gasteiger partial charge in [-0.1, -0.05) is 65.1 Å². The molecule has 0 atom stereocenters. The van der Waals surface area contributed by atoms with E-state index in [4.69, 9.17) is 39.5 Å². The Hall–Kier alpha value is -1.42. The molecule has 0 bridgehead atoms. The standard InChI is InChI=1S/C22H20Cl3NO.ClH/c23-19-7-4-16(5-8-19)10-11-26-14-17-2-1-3-21(12-17)27-15-18-6-9-20(24)13-22(18)25;/h1-9,12-13,26H,10-11,14-15H2;1H. The largest absolute Gasteiger partial charge is 0.489 e. The van der Waals surface area contributed by atoms with Gasteiger partial charge in [0, 0.05) is 27.2 Å². The van der Waals surface area contributed by atoms with Crippen LogP contribution in [0.15, 0.2) is 66.7 Å². The van der Waals surface area contributed by atoms with Crippen molar-refractivity contribution in [2.75, 3.05) is 6.54 Å². The second-order valence-corrected chi connectivity index (χ2v) is 7.51. The van der Waals surface area contributed by atoms with Crippen LogP contribution in [0.4, 0.5) is 0 Å². The molecule has 0 aliphatic heterocycles. The van der Waals surface area contributed by atoms with Crippen molar-refractivity contribution in [3.05, 3.63) is 98.5 Å². The first-order valence-electron chi connectivity index (χ1n) is 8.71. The molecular weight excluding hydrogens is 436 g/mol. The van der Waals surface area contributed by atoms with Crippen LogP contribution in [0.25, 0.3) is 0 Å². The first-order chi connectivity index (χ1) is 13.1. The fourth-order valence-corrected chi connectivity index (χ4v) is 3.25. The van der Waals surface area contributed by atoms with Crippen molar-refractivity contribution in [2.24, 2.45) is 0 Å². The zero-order chi connectivity index (χ0) is 19.1. The third-order valence-electron chi connectivity index (χ3n) is 4.14. The lowest BCUT2D eigenvalue weighted by Gasteiger charge is -2.10. The summed E-state index contributed by atoms with van der Waals surface area (Å²) in [6.45, 7) is 2.09. The van der Waals surface area contributed by atoms with E-state index < -0.39 is 0 Å². The highest BCUT2D eigenvalue weighted by Crippen LogP contribution is 2.23. The minimum Gasteiger partial charge on any atom is -0.489 e. The first kappa shape index (κ1) is 22.9. The summed E-state index contributed by atoms with van der Waals surface area (Å²) in [6.07, 6.45) is 0.961. The Bertz CT molecular complexity index is 884. The summed E-state index contributed by atoms with van der Waals surface area (Å²) in [7, 11) is 0. The molecule has 0 saturated heterocycles. The molecule has 148 valence electrons. The fraction of sp³-hybridized carbons (Fsp3) is 0.182. The maximum Gasteiger partial charge on any atom is 0.120 e. The van der Waals surface area contributed by atoms with Crippen LogP contribution in [0.3, 0.4) is 0 Å². The number of ether oxygens (including phenoxy) is 1. The molecule has 6 heteroatoms. The minimum atomic E-state index is 0. The van der Waals surface area contributed by atoms with Crippen LogP contribution in [-0.2, 0) is 19.6 Å². The molecule has 0 amide bonds. The van der Waals surface area contributed by atoms with Crippen molar-refractivity contribution in [1.29, 1.82) is 0 Å². The average molecular weight is 457 g/mol. The zero-order valence-electron chi connectivity index (χ0n) is 15.1. The van der Waals surface area contributed by atoms with Crippen molar-refractivity contribution in [3.63, 3.8) is 0 Å². The molecule has 2 nitrogen and oxygen atoms in total. The maximum absolute atomic E-state index is 6.19. The van der Waals surface area contributed by atoms with Gasteiger partial charge in [0.1, 0.15) is 12.4 Å². The molecule has 0 unspecified atom stereocenters. The summed E-state index contributed by atoms with van der Waals surface area (Å²) in [5.41, 5.74) is 3.35. The molecule has 1 N–H and O–H groups in total. The van der Waals surface area contributed by atoms with Gasteiger partial charge in [-0.15, -0.1) is 12.4 Å². The van der Waals surface area contributed by atoms with Gasteiger partial charge in [0.25, 0.3) is 0 Å². The third-order valence-corrected chi connectivity index (χ3v) is 4.98. The van der Waals surface area contributed by atoms with Gasteiger partial charge in [-0.3, -0.25) is 0 Å². The van der Waals surface area contributed by atoms with Crippen LogP contribution < -0.4 is 10.1 Å². The molecule has 28 heavy (non-hydrogen) atoms. The highest BCUT2D eigenvalue weighted by atomic mass is 35.5. The smallest absolute Gasteiger partial charge is 0.120 e. The van der Waals surface area contributed by atoms with E-state index in [1.807, 2.05) is 42.5 Å². The number of nitrogens with one attached hydrogen (secondary N) is 1. The summed E-state index contributed by atoms with van der Waals surface area (Å²) in [5, 5.41) is 5.46. The van der Waals surface area contributed by atoms with Crippen LogP contribution in [0, 0.1) is 0 Å². The topological polar surface area (TPSA) is 21.3 Å². The van der Waals surface area contributed by atoms with Gasteiger partial charge in [0.15, 0.2) is 0 Å². The van der Waals surface area contributed by atoms with Crippen LogP contribution in [0.1, 0.15) is 16.7 Å². The molecule has 0 aliphatic carbocycles. The Labute approximate surface area is 187 Å². The molecule has 0 fully saturated rings. The van der Waals surface area contributed by atoms with Gasteiger partial charge >= 0.3 is 0 Å². The number of benzene rings is 3. The first-order valence-corrected chi connectivity index (χ1v) is 9.84. The van der Waals surface area contributed by atoms with Gasteiger partial charge in [0.2, 0.25) is 0 Å². The van der Waals surface area contributed by atoms with Crippen LogP contribution in [0.2, 0.25) is 15.1 Å². The molecule has 0 spiro atoms. The van der Waals surface area contributed by atoms with E-state index in [0.29, 0.717) is 16.7 Å². The Balaban J connectivity index is 0.00000280. The summed E-state index contributed by atoms with van der Waals surface area (Å²) in [5.74, 6) is 0.818. The van der Waals surface area contributed by atoms with Crippen molar-refractivity contribution in [3.8, 4) is 5.75 Å². The van der Waals surface area contributed by atoms with Crippen LogP contribution >= 0.6 is 47.2 Å². The molecular formula is C22H21Cl4NO. The fourth-order valence-electron chi connectivity index (χ4n) is 2.66. The van der Waals surface area contributed by atoms with E-state index >= 15 is 0 Å². The lowest BCUT2D eigenvalue weighted by atomic mass is 10.1. The van der Waals surface area contributed by atoms with E-state index in [0.717, 1.165) is 35.8 Å². The van der Waals surface area contributed by atoms with Gasteiger partial charge < -0.3 is 10.1 Å². The summed E-state index contributed by atoms with van der Waals surface area (Å²) >= 11 is 18.0. The van der Waals surface area contributed by atoms with Gasteiger partial charge in [0.05, 0.1) is 0 Å². The van der Waals surface area contributed by atoms with Gasteiger partial charge in [-0.2, -0.15) is 0 Å². The Kier molecular flexibility index (Phi) is 9.43. The lowest BCUT2D eigenvalue weighted by Crippen LogP contribution is -2.16. The Morgan fingerprint density at radius 2 is 1.54 bits per heavy atom. The van der Waals surface area contributed by atoms with Gasteiger partial charge in [-0.25, -0.2) is 0 Å². The number of hydrogen-bond acceptors (Lipinski definition) is 2. The predicted molar refractivity (Wildman–Crippen MR) is 121 cm³/mol. The molecule has 0 heterocycles. The van der Waals surface area contributed by atoms with Crippen molar-refractivity contribution < 1.29 is 4.74 Å². The molecule has 0 saturated carbocycles. The summed E-state index contributed by atoms with van der Waals surface area (Å²) in [6, 6.07) is 21.4. The minimum absolute atomic E-state index is 0. The molecule has 3 aromatic rings. The molecule has 0 aliphatic rings. The number of halogens is 4. The second kappa shape index (κ2) is 11.5. The van der Waals surface area contributed by atoms with Crippen molar-refractivity contribution in [1.82, 2.24) is 5.32 Å². The SMILES string of the molecule is Cl.Clc1ccc(CCNCc2cccc(OCc3ccc(Cl)cc3Cl)c2)cc1. The molecule has 3 aromatic carbocycles. The zero-order valence-corrected chi connectivity index (χ0v) is 18.2. The summed E-state index contributed by atoms with van der Waals surface area (Å²) in [4.78, 5) is 0. The summed E-state index contributed by atoms with van der Waals surface area (Å²) < 4.78 is 5.87. The normalized spacial score (nSPS) is 10.4. The second-order valence-electron chi connectivity index (χ2n) is 6.23. The maximum atomic E-state index is 6.19. The Morgan fingerprint density at radius 1 is 0.786 bits per heavy atom. The monoisotopic (exact) mass is 455 g/mol. The van der Waals surface area contributed by atoms with E-state index in [1.165, 1.54) is 11.1 Å². The van der Waals surface area contributed by atoms with Crippen LogP contribution in [0.5, 0.6) is 5.75 Å². The van der Waals surface area contributed by atoms with Gasteiger partial charge in [-0.05, 0) is 60.5 Å². The highest BCUT2D eigenvalue weighted by molar-refractivity contribution is 6.35. The molecule has 3 rings (SSSR count). The third kappa shape index (κ3) is 7.20.